The molecule has 0 aliphatic carbocycles. The molecule has 5 heteroatoms. The van der Waals surface area contributed by atoms with Crippen molar-refractivity contribution in [3.8, 4) is 0 Å². The number of benzene rings is 1. The molecule has 5 nitrogen and oxygen atoms in total. The first-order valence-corrected chi connectivity index (χ1v) is 5.49. The summed E-state index contributed by atoms with van der Waals surface area (Å²) >= 11 is 0. The number of nitrogens with one attached hydrogen (secondary N) is 2. The third kappa shape index (κ3) is 2.63. The number of hydrogen-bond donors (Lipinski definition) is 2. The minimum Gasteiger partial charge on any atom is -0.320 e. The van der Waals surface area contributed by atoms with Gasteiger partial charge in [-0.05, 0) is 25.5 Å². The van der Waals surface area contributed by atoms with Crippen molar-refractivity contribution < 1.29 is 4.79 Å². The van der Waals surface area contributed by atoms with E-state index in [1.807, 2.05) is 32.0 Å². The second-order valence-electron chi connectivity index (χ2n) is 4.07. The number of carbonyl (C=O) groups is 1. The minimum atomic E-state index is -0.395. The van der Waals surface area contributed by atoms with Crippen molar-refractivity contribution in [1.29, 1.82) is 0 Å². The molecular weight excluding hydrogens is 230 g/mol. The topological polar surface area (TPSA) is 74.8 Å². The normalized spacial score (nSPS) is 10.1. The third-order valence-electron chi connectivity index (χ3n) is 2.54. The molecule has 18 heavy (non-hydrogen) atoms. The summed E-state index contributed by atoms with van der Waals surface area (Å²) in [6, 6.07) is 6.88. The molecule has 0 spiro atoms. The molecule has 2 aromatic rings. The van der Waals surface area contributed by atoms with Crippen LogP contribution in [-0.4, -0.2) is 15.9 Å². The predicted octanol–water partition coefficient (Wildman–Crippen LogP) is 1.64. The van der Waals surface area contributed by atoms with Crippen molar-refractivity contribution in [2.24, 2.45) is 0 Å². The Morgan fingerprint density at radius 3 is 2.72 bits per heavy atom. The van der Waals surface area contributed by atoms with E-state index in [4.69, 9.17) is 0 Å². The van der Waals surface area contributed by atoms with Crippen molar-refractivity contribution in [1.82, 2.24) is 9.97 Å². The average Bonchev–Trinajstić information content (AvgIpc) is 2.32. The standard InChI is InChI=1S/C13H13N3O2/c1-8-3-4-10(9(2)5-8)16-13(18)11-6-12(17)15-7-14-11/h3-7H,1-2H3,(H,16,18)(H,14,15,17). The van der Waals surface area contributed by atoms with E-state index >= 15 is 0 Å². The molecule has 92 valence electrons. The molecule has 1 aromatic carbocycles. The highest BCUT2D eigenvalue weighted by Gasteiger charge is 2.09. The third-order valence-corrected chi connectivity index (χ3v) is 2.54. The quantitative estimate of drug-likeness (QED) is 0.842. The summed E-state index contributed by atoms with van der Waals surface area (Å²) in [6.45, 7) is 3.89. The Morgan fingerprint density at radius 1 is 1.28 bits per heavy atom. The van der Waals surface area contributed by atoms with Gasteiger partial charge in [0.05, 0.1) is 6.33 Å². The maximum absolute atomic E-state index is 11.9. The molecule has 1 aromatic heterocycles. The molecule has 0 fully saturated rings. The van der Waals surface area contributed by atoms with Gasteiger partial charge >= 0.3 is 0 Å². The summed E-state index contributed by atoms with van der Waals surface area (Å²) in [5, 5.41) is 2.73. The number of aromatic amines is 1. The number of H-pyrrole nitrogens is 1. The summed E-state index contributed by atoms with van der Waals surface area (Å²) < 4.78 is 0. The fraction of sp³-hybridized carbons (Fsp3) is 0.154. The zero-order valence-corrected chi connectivity index (χ0v) is 10.2. The van der Waals surface area contributed by atoms with E-state index in [1.165, 1.54) is 12.4 Å². The van der Waals surface area contributed by atoms with Crippen LogP contribution in [0.15, 0.2) is 35.4 Å². The summed E-state index contributed by atoms with van der Waals surface area (Å²) in [6.07, 6.45) is 1.21. The van der Waals surface area contributed by atoms with Crippen molar-refractivity contribution in [2.45, 2.75) is 13.8 Å². The zero-order valence-electron chi connectivity index (χ0n) is 10.2. The van der Waals surface area contributed by atoms with Crippen LogP contribution in [0, 0.1) is 13.8 Å². The van der Waals surface area contributed by atoms with E-state index in [-0.39, 0.29) is 11.3 Å². The molecule has 0 aliphatic rings. The first-order valence-electron chi connectivity index (χ1n) is 5.49. The molecule has 1 heterocycles. The Kier molecular flexibility index (Phi) is 3.23. The van der Waals surface area contributed by atoms with Crippen molar-refractivity contribution >= 4 is 11.6 Å². The first-order chi connectivity index (χ1) is 8.56. The van der Waals surface area contributed by atoms with Crippen molar-refractivity contribution in [2.75, 3.05) is 5.32 Å². The van der Waals surface area contributed by atoms with Crippen LogP contribution in [0.5, 0.6) is 0 Å². The smallest absolute Gasteiger partial charge is 0.274 e. The largest absolute Gasteiger partial charge is 0.320 e. The lowest BCUT2D eigenvalue weighted by molar-refractivity contribution is 0.102. The van der Waals surface area contributed by atoms with E-state index in [9.17, 15) is 9.59 Å². The molecular formula is C13H13N3O2. The number of aryl methyl sites for hydroxylation is 2. The lowest BCUT2D eigenvalue weighted by Gasteiger charge is -2.08. The molecule has 0 bridgehead atoms. The number of carbonyl (C=O) groups excluding carboxylic acids is 1. The Morgan fingerprint density at radius 2 is 2.06 bits per heavy atom. The second kappa shape index (κ2) is 4.83. The maximum atomic E-state index is 11.9. The second-order valence-corrected chi connectivity index (χ2v) is 4.07. The summed E-state index contributed by atoms with van der Waals surface area (Å²) in [5.41, 5.74) is 2.55. The number of anilines is 1. The Labute approximate surface area is 104 Å². The Bertz CT molecular complexity index is 647. The van der Waals surface area contributed by atoms with Crippen LogP contribution >= 0.6 is 0 Å². The van der Waals surface area contributed by atoms with E-state index in [2.05, 4.69) is 15.3 Å². The highest BCUT2D eigenvalue weighted by molar-refractivity contribution is 6.03. The molecule has 2 rings (SSSR count). The van der Waals surface area contributed by atoms with Gasteiger partial charge in [0, 0.05) is 11.8 Å². The van der Waals surface area contributed by atoms with Crippen LogP contribution in [0.2, 0.25) is 0 Å². The molecule has 0 saturated heterocycles. The minimum absolute atomic E-state index is 0.0960. The lowest BCUT2D eigenvalue weighted by Crippen LogP contribution is -2.18. The highest BCUT2D eigenvalue weighted by Crippen LogP contribution is 2.16. The number of aromatic nitrogens is 2. The van der Waals surface area contributed by atoms with Gasteiger partial charge < -0.3 is 10.3 Å². The number of rotatable bonds is 2. The molecule has 2 N–H and O–H groups in total. The van der Waals surface area contributed by atoms with E-state index < -0.39 is 5.91 Å². The van der Waals surface area contributed by atoms with Gasteiger partial charge in [-0.1, -0.05) is 17.7 Å². The predicted molar refractivity (Wildman–Crippen MR) is 68.7 cm³/mol. The van der Waals surface area contributed by atoms with Crippen LogP contribution < -0.4 is 10.9 Å². The molecule has 0 radical (unpaired) electrons. The van der Waals surface area contributed by atoms with Gasteiger partial charge in [0.25, 0.3) is 11.5 Å². The lowest BCUT2D eigenvalue weighted by atomic mass is 10.1. The molecule has 0 saturated carbocycles. The number of nitrogens with zero attached hydrogens (tertiary/aromatic N) is 1. The SMILES string of the molecule is Cc1ccc(NC(=O)c2cc(=O)[nH]cn2)c(C)c1. The van der Waals surface area contributed by atoms with Crippen LogP contribution in [0.4, 0.5) is 5.69 Å². The maximum Gasteiger partial charge on any atom is 0.274 e. The van der Waals surface area contributed by atoms with E-state index in [0.29, 0.717) is 5.69 Å². The fourth-order valence-corrected chi connectivity index (χ4v) is 1.63. The Hall–Kier alpha value is -2.43. The summed E-state index contributed by atoms with van der Waals surface area (Å²) in [5.74, 6) is -0.395. The van der Waals surface area contributed by atoms with Gasteiger partial charge in [-0.15, -0.1) is 0 Å². The van der Waals surface area contributed by atoms with Crippen molar-refractivity contribution in [3.63, 3.8) is 0 Å². The van der Waals surface area contributed by atoms with Gasteiger partial charge in [-0.2, -0.15) is 0 Å². The molecule has 0 atom stereocenters. The summed E-state index contributed by atoms with van der Waals surface area (Å²) in [4.78, 5) is 29.1. The fourth-order valence-electron chi connectivity index (χ4n) is 1.63. The Balaban J connectivity index is 2.24. The molecule has 1 amide bonds. The van der Waals surface area contributed by atoms with Gasteiger partial charge in [-0.25, -0.2) is 4.98 Å². The molecule has 0 aliphatic heterocycles. The number of amides is 1. The first kappa shape index (κ1) is 12.0. The van der Waals surface area contributed by atoms with Crippen LogP contribution in [0.25, 0.3) is 0 Å². The van der Waals surface area contributed by atoms with Crippen LogP contribution in [-0.2, 0) is 0 Å². The van der Waals surface area contributed by atoms with Gasteiger partial charge in [-0.3, -0.25) is 9.59 Å². The monoisotopic (exact) mass is 243 g/mol. The summed E-state index contributed by atoms with van der Waals surface area (Å²) in [7, 11) is 0. The van der Waals surface area contributed by atoms with E-state index in [0.717, 1.165) is 11.1 Å². The average molecular weight is 243 g/mol. The van der Waals surface area contributed by atoms with Crippen molar-refractivity contribution in [3.05, 3.63) is 57.8 Å². The van der Waals surface area contributed by atoms with E-state index in [1.54, 1.807) is 0 Å². The van der Waals surface area contributed by atoms with Crippen LogP contribution in [0.3, 0.4) is 0 Å². The highest BCUT2D eigenvalue weighted by atomic mass is 16.2. The van der Waals surface area contributed by atoms with Crippen LogP contribution in [0.1, 0.15) is 21.6 Å². The number of hydrogen-bond acceptors (Lipinski definition) is 3. The van der Waals surface area contributed by atoms with Gasteiger partial charge in [0.2, 0.25) is 0 Å². The zero-order chi connectivity index (χ0) is 13.1. The van der Waals surface area contributed by atoms with Gasteiger partial charge in [0.1, 0.15) is 5.69 Å². The van der Waals surface area contributed by atoms with Gasteiger partial charge in [0.15, 0.2) is 0 Å². The molecule has 0 unspecified atom stereocenters.